The zero-order chi connectivity index (χ0) is 28.3. The first kappa shape index (κ1) is 29.9. The highest BCUT2D eigenvalue weighted by Gasteiger charge is 2.31. The molecule has 0 unspecified atom stereocenters. The number of carbonyl (C=O) groups excluding carboxylic acids is 1. The fourth-order valence-corrected chi connectivity index (χ4v) is 4.38. The summed E-state index contributed by atoms with van der Waals surface area (Å²) in [4.78, 5) is 38.7. The SMILES string of the molecule is CCCCCCc1nn(CCCc2cccc(OC(C)(C)C(=O)OCC)c2)c(=O)n(Cc2ccccc2)c1=O. The number of benzene rings is 2. The molecular weight excluding hydrogens is 494 g/mol. The second-order valence-electron chi connectivity index (χ2n) is 10.2. The third-order valence-electron chi connectivity index (χ3n) is 6.51. The molecule has 0 atom stereocenters. The summed E-state index contributed by atoms with van der Waals surface area (Å²) < 4.78 is 13.8. The van der Waals surface area contributed by atoms with Crippen LogP contribution in [0.25, 0.3) is 0 Å². The zero-order valence-corrected chi connectivity index (χ0v) is 23.7. The van der Waals surface area contributed by atoms with Gasteiger partial charge in [0.2, 0.25) is 0 Å². The Kier molecular flexibility index (Phi) is 11.1. The van der Waals surface area contributed by atoms with E-state index < -0.39 is 17.3 Å². The Bertz CT molecular complexity index is 1330. The van der Waals surface area contributed by atoms with Gasteiger partial charge in [0.05, 0.1) is 13.2 Å². The van der Waals surface area contributed by atoms with E-state index in [-0.39, 0.29) is 18.7 Å². The van der Waals surface area contributed by atoms with E-state index in [2.05, 4.69) is 12.0 Å². The lowest BCUT2D eigenvalue weighted by Gasteiger charge is -2.24. The van der Waals surface area contributed by atoms with Gasteiger partial charge in [-0.05, 0) is 69.7 Å². The largest absolute Gasteiger partial charge is 0.476 e. The molecule has 0 bridgehead atoms. The van der Waals surface area contributed by atoms with E-state index in [1.54, 1.807) is 26.8 Å². The van der Waals surface area contributed by atoms with Crippen molar-refractivity contribution in [3.63, 3.8) is 0 Å². The lowest BCUT2D eigenvalue weighted by Crippen LogP contribution is -2.43. The summed E-state index contributed by atoms with van der Waals surface area (Å²) in [5.74, 6) is 0.156. The summed E-state index contributed by atoms with van der Waals surface area (Å²) in [6, 6.07) is 17.1. The first-order chi connectivity index (χ1) is 18.7. The maximum Gasteiger partial charge on any atom is 0.349 e. The molecule has 8 heteroatoms. The summed E-state index contributed by atoms with van der Waals surface area (Å²) in [5.41, 5.74) is 0.552. The third kappa shape index (κ3) is 8.67. The average Bonchev–Trinajstić information content (AvgIpc) is 2.92. The number of rotatable bonds is 15. The topological polar surface area (TPSA) is 92.4 Å². The van der Waals surface area contributed by atoms with E-state index in [0.29, 0.717) is 37.3 Å². The summed E-state index contributed by atoms with van der Waals surface area (Å²) in [5, 5.41) is 4.50. The minimum Gasteiger partial charge on any atom is -0.476 e. The highest BCUT2D eigenvalue weighted by atomic mass is 16.6. The summed E-state index contributed by atoms with van der Waals surface area (Å²) in [6.07, 6.45) is 6.00. The predicted molar refractivity (Wildman–Crippen MR) is 152 cm³/mol. The monoisotopic (exact) mass is 535 g/mol. The van der Waals surface area contributed by atoms with Crippen molar-refractivity contribution in [1.29, 1.82) is 0 Å². The molecule has 0 fully saturated rings. The van der Waals surface area contributed by atoms with Crippen LogP contribution < -0.4 is 16.0 Å². The Hall–Kier alpha value is -3.68. The van der Waals surface area contributed by atoms with Crippen molar-refractivity contribution in [1.82, 2.24) is 14.3 Å². The van der Waals surface area contributed by atoms with Crippen molar-refractivity contribution < 1.29 is 14.3 Å². The molecule has 210 valence electrons. The third-order valence-corrected chi connectivity index (χ3v) is 6.51. The number of aromatic nitrogens is 3. The number of esters is 1. The van der Waals surface area contributed by atoms with E-state index >= 15 is 0 Å². The van der Waals surface area contributed by atoms with Crippen LogP contribution in [-0.2, 0) is 35.5 Å². The van der Waals surface area contributed by atoms with E-state index in [1.165, 1.54) is 9.25 Å². The second-order valence-corrected chi connectivity index (χ2v) is 10.2. The van der Waals surface area contributed by atoms with Crippen LogP contribution in [0.5, 0.6) is 5.75 Å². The lowest BCUT2D eigenvalue weighted by atomic mass is 10.1. The molecule has 0 radical (unpaired) electrons. The number of carbonyl (C=O) groups is 1. The van der Waals surface area contributed by atoms with Gasteiger partial charge in [-0.3, -0.25) is 9.36 Å². The Morgan fingerprint density at radius 3 is 2.36 bits per heavy atom. The zero-order valence-electron chi connectivity index (χ0n) is 23.7. The van der Waals surface area contributed by atoms with Crippen molar-refractivity contribution in [2.45, 2.75) is 91.3 Å². The number of hydrogen-bond donors (Lipinski definition) is 0. The van der Waals surface area contributed by atoms with Gasteiger partial charge in [-0.25, -0.2) is 14.3 Å². The van der Waals surface area contributed by atoms with Gasteiger partial charge in [-0.1, -0.05) is 68.7 Å². The molecule has 2 aromatic carbocycles. The number of unbranched alkanes of at least 4 members (excludes halogenated alkanes) is 3. The lowest BCUT2D eigenvalue weighted by molar-refractivity contribution is -0.158. The van der Waals surface area contributed by atoms with Crippen LogP contribution >= 0.6 is 0 Å². The molecule has 0 spiro atoms. The van der Waals surface area contributed by atoms with Crippen molar-refractivity contribution in [3.8, 4) is 5.75 Å². The quantitative estimate of drug-likeness (QED) is 0.202. The van der Waals surface area contributed by atoms with Crippen molar-refractivity contribution >= 4 is 5.97 Å². The van der Waals surface area contributed by atoms with Gasteiger partial charge in [0, 0.05) is 6.54 Å². The Balaban J connectivity index is 1.75. The summed E-state index contributed by atoms with van der Waals surface area (Å²) in [7, 11) is 0. The van der Waals surface area contributed by atoms with Crippen LogP contribution in [0.2, 0.25) is 0 Å². The van der Waals surface area contributed by atoms with Crippen LogP contribution in [0.3, 0.4) is 0 Å². The molecule has 0 aliphatic heterocycles. The van der Waals surface area contributed by atoms with Gasteiger partial charge < -0.3 is 9.47 Å². The number of aryl methyl sites for hydroxylation is 3. The molecule has 0 saturated carbocycles. The van der Waals surface area contributed by atoms with Crippen molar-refractivity contribution in [2.75, 3.05) is 6.61 Å². The van der Waals surface area contributed by atoms with E-state index in [1.807, 2.05) is 48.5 Å². The fourth-order valence-electron chi connectivity index (χ4n) is 4.38. The number of ether oxygens (including phenoxy) is 2. The first-order valence-electron chi connectivity index (χ1n) is 13.9. The molecule has 0 N–H and O–H groups in total. The molecule has 1 heterocycles. The van der Waals surface area contributed by atoms with Gasteiger partial charge in [-0.2, -0.15) is 5.10 Å². The van der Waals surface area contributed by atoms with Crippen LogP contribution in [0, 0.1) is 0 Å². The van der Waals surface area contributed by atoms with Crippen LogP contribution in [0.4, 0.5) is 0 Å². The Labute approximate surface area is 230 Å². The maximum atomic E-state index is 13.3. The minimum absolute atomic E-state index is 0.221. The van der Waals surface area contributed by atoms with Gasteiger partial charge in [-0.15, -0.1) is 0 Å². The van der Waals surface area contributed by atoms with E-state index in [4.69, 9.17) is 9.47 Å². The fraction of sp³-hybridized carbons (Fsp3) is 0.484. The highest BCUT2D eigenvalue weighted by molar-refractivity contribution is 5.79. The van der Waals surface area contributed by atoms with Gasteiger partial charge in [0.1, 0.15) is 11.4 Å². The van der Waals surface area contributed by atoms with Crippen molar-refractivity contribution in [3.05, 3.63) is 92.3 Å². The molecule has 3 rings (SSSR count). The molecular formula is C31H41N3O5. The average molecular weight is 536 g/mol. The second kappa shape index (κ2) is 14.5. The first-order valence-corrected chi connectivity index (χ1v) is 13.9. The molecule has 0 amide bonds. The number of hydrogen-bond acceptors (Lipinski definition) is 6. The highest BCUT2D eigenvalue weighted by Crippen LogP contribution is 2.21. The molecule has 0 saturated heterocycles. The molecule has 0 aliphatic rings. The van der Waals surface area contributed by atoms with Gasteiger partial charge in [0.25, 0.3) is 5.56 Å². The van der Waals surface area contributed by atoms with Crippen LogP contribution in [-0.4, -0.2) is 32.5 Å². The summed E-state index contributed by atoms with van der Waals surface area (Å²) >= 11 is 0. The van der Waals surface area contributed by atoms with Crippen molar-refractivity contribution in [2.24, 2.45) is 0 Å². The normalized spacial score (nSPS) is 11.4. The molecule has 8 nitrogen and oxygen atoms in total. The van der Waals surface area contributed by atoms with E-state index in [0.717, 1.165) is 36.8 Å². The molecule has 0 aliphatic carbocycles. The smallest absolute Gasteiger partial charge is 0.349 e. The Morgan fingerprint density at radius 1 is 0.897 bits per heavy atom. The van der Waals surface area contributed by atoms with Crippen LogP contribution in [0.15, 0.2) is 64.2 Å². The standard InChI is InChI=1S/C31H41N3O5/c1-5-7-8-12-20-27-28(35)33(23-25-15-10-9-11-16-25)30(37)34(32-27)21-14-18-24-17-13-19-26(22-24)39-31(3,4)29(36)38-6-2/h9-11,13,15-17,19,22H,5-8,12,14,18,20-21,23H2,1-4H3. The molecule has 3 aromatic rings. The number of nitrogens with zero attached hydrogens (tertiary/aromatic N) is 3. The Morgan fingerprint density at radius 2 is 1.64 bits per heavy atom. The predicted octanol–water partition coefficient (Wildman–Crippen LogP) is 4.93. The van der Waals surface area contributed by atoms with Gasteiger partial charge >= 0.3 is 11.7 Å². The molecule has 39 heavy (non-hydrogen) atoms. The van der Waals surface area contributed by atoms with E-state index in [9.17, 15) is 14.4 Å². The van der Waals surface area contributed by atoms with Gasteiger partial charge in [0.15, 0.2) is 5.60 Å². The van der Waals surface area contributed by atoms with Crippen LogP contribution in [0.1, 0.15) is 76.6 Å². The molecule has 1 aromatic heterocycles. The minimum atomic E-state index is -1.11. The summed E-state index contributed by atoms with van der Waals surface area (Å²) in [6.45, 7) is 8.17. The maximum absolute atomic E-state index is 13.3.